The Morgan fingerprint density at radius 2 is 1.90 bits per heavy atom. The van der Waals surface area contributed by atoms with Gasteiger partial charge in [-0.3, -0.25) is 4.79 Å². The first-order valence-electron chi connectivity index (χ1n) is 9.78. The fourth-order valence-corrected chi connectivity index (χ4v) is 2.57. The molecule has 29 heavy (non-hydrogen) atoms. The largest absolute Gasteiger partial charge is 0.357 e. The van der Waals surface area contributed by atoms with Gasteiger partial charge in [-0.2, -0.15) is 0 Å². The second-order valence-corrected chi connectivity index (χ2v) is 6.78. The highest BCUT2D eigenvalue weighted by atomic mass is 19.1. The molecular formula is C22H28F2N4O. The molecule has 0 aliphatic carbocycles. The lowest BCUT2D eigenvalue weighted by Crippen LogP contribution is -2.37. The third kappa shape index (κ3) is 7.18. The van der Waals surface area contributed by atoms with Gasteiger partial charge in [-0.15, -0.1) is 0 Å². The van der Waals surface area contributed by atoms with Crippen molar-refractivity contribution in [3.05, 3.63) is 65.2 Å². The summed E-state index contributed by atoms with van der Waals surface area (Å²) in [5.41, 5.74) is 1.87. The first-order chi connectivity index (χ1) is 13.9. The van der Waals surface area contributed by atoms with Gasteiger partial charge in [-0.25, -0.2) is 13.8 Å². The Morgan fingerprint density at radius 1 is 1.10 bits per heavy atom. The number of nitrogens with zero attached hydrogens (tertiary/aromatic N) is 1. The maximum absolute atomic E-state index is 13.8. The van der Waals surface area contributed by atoms with Crippen LogP contribution in [0.2, 0.25) is 0 Å². The van der Waals surface area contributed by atoms with Crippen molar-refractivity contribution in [1.29, 1.82) is 0 Å². The van der Waals surface area contributed by atoms with Crippen LogP contribution in [0.3, 0.4) is 0 Å². The van der Waals surface area contributed by atoms with Crippen LogP contribution < -0.4 is 16.0 Å². The highest BCUT2D eigenvalue weighted by Crippen LogP contribution is 2.14. The van der Waals surface area contributed by atoms with Crippen molar-refractivity contribution >= 4 is 17.6 Å². The molecule has 0 saturated heterocycles. The molecule has 2 rings (SSSR count). The molecule has 2 aromatic carbocycles. The highest BCUT2D eigenvalue weighted by Gasteiger charge is 2.10. The lowest BCUT2D eigenvalue weighted by atomic mass is 10.1. The topological polar surface area (TPSA) is 65.5 Å². The van der Waals surface area contributed by atoms with E-state index in [-0.39, 0.29) is 23.9 Å². The Morgan fingerprint density at radius 3 is 2.62 bits per heavy atom. The molecule has 0 saturated carbocycles. The van der Waals surface area contributed by atoms with Gasteiger partial charge >= 0.3 is 0 Å². The molecule has 3 N–H and O–H groups in total. The van der Waals surface area contributed by atoms with Crippen molar-refractivity contribution < 1.29 is 13.6 Å². The second-order valence-electron chi connectivity index (χ2n) is 6.78. The lowest BCUT2D eigenvalue weighted by molar-refractivity contribution is -0.119. The van der Waals surface area contributed by atoms with E-state index in [1.807, 2.05) is 45.0 Å². The predicted octanol–water partition coefficient (Wildman–Crippen LogP) is 4.20. The average molecular weight is 402 g/mol. The predicted molar refractivity (Wildman–Crippen MR) is 113 cm³/mol. The van der Waals surface area contributed by atoms with Crippen molar-refractivity contribution in [2.24, 2.45) is 10.9 Å². The standard InChI is InChI=1S/C22H28F2N4O/c1-4-15(3)21(29)28-19-8-6-7-16(11-19)13-26-22(25-5-2)27-14-17-12-18(23)9-10-20(17)24/h6-12,15H,4-5,13-14H2,1-3H3,(H,28,29)(H2,25,26,27). The zero-order chi connectivity index (χ0) is 21.2. The van der Waals surface area contributed by atoms with Gasteiger partial charge in [0.15, 0.2) is 5.96 Å². The summed E-state index contributed by atoms with van der Waals surface area (Å²) in [5.74, 6) is -0.532. The zero-order valence-electron chi connectivity index (χ0n) is 17.1. The van der Waals surface area contributed by atoms with Crippen LogP contribution in [0.1, 0.15) is 38.3 Å². The summed E-state index contributed by atoms with van der Waals surface area (Å²) < 4.78 is 27.1. The number of nitrogens with one attached hydrogen (secondary N) is 3. The quantitative estimate of drug-likeness (QED) is 0.458. The Bertz CT molecular complexity index is 854. The second kappa shape index (κ2) is 11.1. The van der Waals surface area contributed by atoms with Gasteiger partial charge in [0.1, 0.15) is 11.6 Å². The van der Waals surface area contributed by atoms with E-state index in [4.69, 9.17) is 0 Å². The minimum Gasteiger partial charge on any atom is -0.357 e. The fourth-order valence-electron chi connectivity index (χ4n) is 2.57. The van der Waals surface area contributed by atoms with Gasteiger partial charge in [-0.05, 0) is 49.2 Å². The molecular weight excluding hydrogens is 374 g/mol. The molecule has 0 aromatic heterocycles. The first-order valence-corrected chi connectivity index (χ1v) is 9.78. The third-order valence-electron chi connectivity index (χ3n) is 4.47. The highest BCUT2D eigenvalue weighted by molar-refractivity contribution is 5.92. The van der Waals surface area contributed by atoms with Gasteiger partial charge in [0.25, 0.3) is 0 Å². The number of hydrogen-bond donors (Lipinski definition) is 3. The third-order valence-corrected chi connectivity index (χ3v) is 4.47. The molecule has 0 aliphatic heterocycles. The molecule has 5 nitrogen and oxygen atoms in total. The number of rotatable bonds is 8. The molecule has 0 heterocycles. The normalized spacial score (nSPS) is 12.4. The minimum absolute atomic E-state index is 0.0136. The van der Waals surface area contributed by atoms with Crippen LogP contribution in [0.4, 0.5) is 14.5 Å². The summed E-state index contributed by atoms with van der Waals surface area (Å²) in [5, 5.41) is 8.99. The molecule has 0 bridgehead atoms. The maximum atomic E-state index is 13.8. The van der Waals surface area contributed by atoms with Crippen LogP contribution in [0.15, 0.2) is 47.5 Å². The van der Waals surface area contributed by atoms with E-state index in [2.05, 4.69) is 20.9 Å². The average Bonchev–Trinajstić information content (AvgIpc) is 2.72. The Balaban J connectivity index is 2.03. The molecule has 1 amide bonds. The number of anilines is 1. The van der Waals surface area contributed by atoms with E-state index in [1.165, 1.54) is 0 Å². The van der Waals surface area contributed by atoms with E-state index in [0.717, 1.165) is 35.9 Å². The van der Waals surface area contributed by atoms with Crippen molar-refractivity contribution in [3.63, 3.8) is 0 Å². The number of benzene rings is 2. The lowest BCUT2D eigenvalue weighted by Gasteiger charge is -2.13. The number of carbonyl (C=O) groups is 1. The van der Waals surface area contributed by atoms with E-state index in [9.17, 15) is 13.6 Å². The maximum Gasteiger partial charge on any atom is 0.227 e. The van der Waals surface area contributed by atoms with Crippen molar-refractivity contribution in [2.75, 3.05) is 11.9 Å². The molecule has 1 unspecified atom stereocenters. The molecule has 7 heteroatoms. The number of aliphatic imine (C=N–C) groups is 1. The minimum atomic E-state index is -0.485. The summed E-state index contributed by atoms with van der Waals surface area (Å²) >= 11 is 0. The van der Waals surface area contributed by atoms with Crippen LogP contribution in [0.25, 0.3) is 0 Å². The number of amides is 1. The van der Waals surface area contributed by atoms with Gasteiger partial charge in [0, 0.05) is 30.3 Å². The van der Waals surface area contributed by atoms with Crippen LogP contribution in [0, 0.1) is 17.6 Å². The van der Waals surface area contributed by atoms with Crippen LogP contribution in [-0.2, 0) is 17.9 Å². The van der Waals surface area contributed by atoms with E-state index in [1.54, 1.807) is 0 Å². The van der Waals surface area contributed by atoms with Crippen molar-refractivity contribution in [1.82, 2.24) is 10.6 Å². The van der Waals surface area contributed by atoms with Gasteiger partial charge in [0.05, 0.1) is 6.54 Å². The Labute approximate surface area is 170 Å². The fraction of sp³-hybridized carbons (Fsp3) is 0.364. The zero-order valence-corrected chi connectivity index (χ0v) is 17.1. The molecule has 2 aromatic rings. The summed E-state index contributed by atoms with van der Waals surface area (Å²) in [4.78, 5) is 16.5. The van der Waals surface area contributed by atoms with Crippen molar-refractivity contribution in [3.8, 4) is 0 Å². The van der Waals surface area contributed by atoms with Crippen LogP contribution in [-0.4, -0.2) is 18.4 Å². The van der Waals surface area contributed by atoms with Gasteiger partial charge in [-0.1, -0.05) is 26.0 Å². The molecule has 0 radical (unpaired) electrons. The summed E-state index contributed by atoms with van der Waals surface area (Å²) in [7, 11) is 0. The molecule has 156 valence electrons. The van der Waals surface area contributed by atoms with E-state index >= 15 is 0 Å². The van der Waals surface area contributed by atoms with Crippen LogP contribution >= 0.6 is 0 Å². The first kappa shape index (κ1) is 22.3. The molecule has 1 atom stereocenters. The summed E-state index contributed by atoms with van der Waals surface area (Å²) in [6.07, 6.45) is 0.777. The summed E-state index contributed by atoms with van der Waals surface area (Å²) in [6, 6.07) is 10.8. The number of carbonyl (C=O) groups excluding carboxylic acids is 1. The smallest absolute Gasteiger partial charge is 0.227 e. The van der Waals surface area contributed by atoms with Crippen molar-refractivity contribution in [2.45, 2.75) is 40.3 Å². The van der Waals surface area contributed by atoms with Crippen LogP contribution in [0.5, 0.6) is 0 Å². The molecule has 0 spiro atoms. The number of hydrogen-bond acceptors (Lipinski definition) is 2. The molecule has 0 aliphatic rings. The summed E-state index contributed by atoms with van der Waals surface area (Å²) in [6.45, 7) is 6.89. The van der Waals surface area contributed by atoms with Gasteiger partial charge in [0.2, 0.25) is 5.91 Å². The SMILES string of the molecule is CCNC(=NCc1cccc(NC(=O)C(C)CC)c1)NCc1cc(F)ccc1F. The molecule has 0 fully saturated rings. The number of halogens is 2. The Hall–Kier alpha value is -2.96. The number of guanidine groups is 1. The van der Waals surface area contributed by atoms with Gasteiger partial charge < -0.3 is 16.0 Å². The monoisotopic (exact) mass is 402 g/mol. The Kier molecular flexibility index (Phi) is 8.58. The van der Waals surface area contributed by atoms with E-state index in [0.29, 0.717) is 19.0 Å². The van der Waals surface area contributed by atoms with E-state index < -0.39 is 11.6 Å².